The average molecular weight is 229 g/mol. The Hall–Kier alpha value is -1.00. The van der Waals surface area contributed by atoms with Crippen molar-refractivity contribution < 1.29 is 13.5 Å². The highest BCUT2D eigenvalue weighted by Crippen LogP contribution is 2.09. The zero-order chi connectivity index (χ0) is 12.0. The molecule has 1 aromatic carbocycles. The number of hydrogen-bond donors (Lipinski definition) is 1. The largest absolute Gasteiger partial charge is 0.380 e. The van der Waals surface area contributed by atoms with Crippen LogP contribution < -0.4 is 5.73 Å². The SMILES string of the molecule is CCCOCC(N)Cc1cc(F)cc(F)c1. The summed E-state index contributed by atoms with van der Waals surface area (Å²) >= 11 is 0. The normalized spacial score (nSPS) is 12.8. The maximum atomic E-state index is 12.9. The van der Waals surface area contributed by atoms with Crippen LogP contribution >= 0.6 is 0 Å². The molecule has 0 amide bonds. The van der Waals surface area contributed by atoms with E-state index in [1.54, 1.807) is 0 Å². The third-order valence-electron chi connectivity index (χ3n) is 2.10. The average Bonchev–Trinajstić information content (AvgIpc) is 2.16. The van der Waals surface area contributed by atoms with E-state index in [4.69, 9.17) is 10.5 Å². The monoisotopic (exact) mass is 229 g/mol. The van der Waals surface area contributed by atoms with Gasteiger partial charge in [-0.15, -0.1) is 0 Å². The van der Waals surface area contributed by atoms with Crippen molar-refractivity contribution in [2.24, 2.45) is 5.73 Å². The van der Waals surface area contributed by atoms with E-state index in [9.17, 15) is 8.78 Å². The van der Waals surface area contributed by atoms with Crippen molar-refractivity contribution in [3.05, 3.63) is 35.4 Å². The highest BCUT2D eigenvalue weighted by molar-refractivity contribution is 5.18. The molecule has 2 N–H and O–H groups in total. The third-order valence-corrected chi connectivity index (χ3v) is 2.10. The summed E-state index contributed by atoms with van der Waals surface area (Å²) in [5, 5.41) is 0. The van der Waals surface area contributed by atoms with Gasteiger partial charge in [0.2, 0.25) is 0 Å². The molecular formula is C12H17F2NO. The topological polar surface area (TPSA) is 35.2 Å². The molecule has 0 heterocycles. The van der Waals surface area contributed by atoms with E-state index in [2.05, 4.69) is 0 Å². The van der Waals surface area contributed by atoms with E-state index in [1.165, 1.54) is 12.1 Å². The molecule has 1 aromatic rings. The smallest absolute Gasteiger partial charge is 0.126 e. The Labute approximate surface area is 94.4 Å². The summed E-state index contributed by atoms with van der Waals surface area (Å²) in [7, 11) is 0. The highest BCUT2D eigenvalue weighted by Gasteiger charge is 2.06. The first kappa shape index (κ1) is 13.1. The van der Waals surface area contributed by atoms with E-state index in [0.717, 1.165) is 12.5 Å². The summed E-state index contributed by atoms with van der Waals surface area (Å²) in [6.07, 6.45) is 1.35. The first-order chi connectivity index (χ1) is 7.61. The molecule has 4 heteroatoms. The summed E-state index contributed by atoms with van der Waals surface area (Å²) in [5.41, 5.74) is 6.34. The van der Waals surface area contributed by atoms with Gasteiger partial charge in [0, 0.05) is 18.7 Å². The zero-order valence-electron chi connectivity index (χ0n) is 9.38. The maximum absolute atomic E-state index is 12.9. The molecule has 16 heavy (non-hydrogen) atoms. The molecule has 2 nitrogen and oxygen atoms in total. The number of ether oxygens (including phenoxy) is 1. The number of nitrogens with two attached hydrogens (primary N) is 1. The van der Waals surface area contributed by atoms with Crippen LogP contribution in [-0.2, 0) is 11.2 Å². The van der Waals surface area contributed by atoms with Crippen molar-refractivity contribution in [2.45, 2.75) is 25.8 Å². The molecule has 0 saturated heterocycles. The van der Waals surface area contributed by atoms with Crippen LogP contribution in [0.3, 0.4) is 0 Å². The van der Waals surface area contributed by atoms with Gasteiger partial charge in [0.15, 0.2) is 0 Å². The lowest BCUT2D eigenvalue weighted by Gasteiger charge is -2.12. The minimum absolute atomic E-state index is 0.229. The lowest BCUT2D eigenvalue weighted by atomic mass is 10.1. The van der Waals surface area contributed by atoms with Crippen LogP contribution in [0.1, 0.15) is 18.9 Å². The van der Waals surface area contributed by atoms with Crippen LogP contribution in [0.4, 0.5) is 8.78 Å². The molecule has 0 spiro atoms. The first-order valence-electron chi connectivity index (χ1n) is 5.40. The van der Waals surface area contributed by atoms with E-state index < -0.39 is 11.6 Å². The van der Waals surface area contributed by atoms with Crippen LogP contribution in [0.5, 0.6) is 0 Å². The molecular weight excluding hydrogens is 212 g/mol. The molecule has 1 atom stereocenters. The molecule has 0 radical (unpaired) electrons. The molecule has 0 saturated carbocycles. The third kappa shape index (κ3) is 4.68. The summed E-state index contributed by atoms with van der Waals surface area (Å²) in [5.74, 6) is -1.15. The van der Waals surface area contributed by atoms with Crippen molar-refractivity contribution in [1.29, 1.82) is 0 Å². The maximum Gasteiger partial charge on any atom is 0.126 e. The van der Waals surface area contributed by atoms with E-state index in [0.29, 0.717) is 25.2 Å². The summed E-state index contributed by atoms with van der Waals surface area (Å²) in [6, 6.07) is 3.21. The van der Waals surface area contributed by atoms with Gasteiger partial charge in [-0.2, -0.15) is 0 Å². The lowest BCUT2D eigenvalue weighted by molar-refractivity contribution is 0.121. The minimum Gasteiger partial charge on any atom is -0.380 e. The van der Waals surface area contributed by atoms with Gasteiger partial charge in [0.1, 0.15) is 11.6 Å². The quantitative estimate of drug-likeness (QED) is 0.759. The van der Waals surface area contributed by atoms with E-state index in [-0.39, 0.29) is 6.04 Å². The van der Waals surface area contributed by atoms with Gasteiger partial charge >= 0.3 is 0 Å². The second-order valence-corrected chi connectivity index (χ2v) is 3.82. The van der Waals surface area contributed by atoms with Gasteiger partial charge in [-0.05, 0) is 30.5 Å². The molecule has 1 unspecified atom stereocenters. The standard InChI is InChI=1S/C12H17F2NO/c1-2-3-16-8-12(15)6-9-4-10(13)7-11(14)5-9/h4-5,7,12H,2-3,6,8,15H2,1H3. The fraction of sp³-hybridized carbons (Fsp3) is 0.500. The van der Waals surface area contributed by atoms with Crippen LogP contribution in [0.2, 0.25) is 0 Å². The molecule has 0 aliphatic carbocycles. The summed E-state index contributed by atoms with van der Waals surface area (Å²) < 4.78 is 31.0. The second-order valence-electron chi connectivity index (χ2n) is 3.82. The Morgan fingerprint density at radius 1 is 1.25 bits per heavy atom. The van der Waals surface area contributed by atoms with Crippen LogP contribution in [-0.4, -0.2) is 19.3 Å². The molecule has 0 bridgehead atoms. The van der Waals surface area contributed by atoms with Gasteiger partial charge in [-0.25, -0.2) is 8.78 Å². The van der Waals surface area contributed by atoms with Crippen molar-refractivity contribution in [2.75, 3.05) is 13.2 Å². The van der Waals surface area contributed by atoms with Gasteiger partial charge in [-0.1, -0.05) is 6.92 Å². The van der Waals surface area contributed by atoms with Gasteiger partial charge in [0.05, 0.1) is 6.61 Å². The molecule has 0 fully saturated rings. The first-order valence-corrected chi connectivity index (χ1v) is 5.40. The fourth-order valence-electron chi connectivity index (χ4n) is 1.47. The van der Waals surface area contributed by atoms with Gasteiger partial charge in [-0.3, -0.25) is 0 Å². The van der Waals surface area contributed by atoms with Crippen molar-refractivity contribution in [3.8, 4) is 0 Å². The number of halogens is 2. The molecule has 0 aromatic heterocycles. The highest BCUT2D eigenvalue weighted by atomic mass is 19.1. The van der Waals surface area contributed by atoms with Crippen molar-refractivity contribution >= 4 is 0 Å². The van der Waals surface area contributed by atoms with E-state index in [1.807, 2.05) is 6.92 Å². The van der Waals surface area contributed by atoms with E-state index >= 15 is 0 Å². The zero-order valence-corrected chi connectivity index (χ0v) is 9.38. The number of rotatable bonds is 6. The predicted molar refractivity (Wildman–Crippen MR) is 59.1 cm³/mol. The number of benzene rings is 1. The van der Waals surface area contributed by atoms with Crippen LogP contribution in [0, 0.1) is 11.6 Å². The molecule has 90 valence electrons. The molecule has 1 rings (SSSR count). The molecule has 0 aliphatic heterocycles. The Kier molecular flexibility index (Phi) is 5.35. The lowest BCUT2D eigenvalue weighted by Crippen LogP contribution is -2.28. The summed E-state index contributed by atoms with van der Waals surface area (Å²) in [4.78, 5) is 0. The Morgan fingerprint density at radius 3 is 2.44 bits per heavy atom. The Morgan fingerprint density at radius 2 is 1.88 bits per heavy atom. The van der Waals surface area contributed by atoms with Crippen molar-refractivity contribution in [1.82, 2.24) is 0 Å². The Bertz CT molecular complexity index is 311. The second kappa shape index (κ2) is 6.55. The van der Waals surface area contributed by atoms with Crippen molar-refractivity contribution in [3.63, 3.8) is 0 Å². The summed E-state index contributed by atoms with van der Waals surface area (Å²) in [6.45, 7) is 3.07. The van der Waals surface area contributed by atoms with Crippen LogP contribution in [0.15, 0.2) is 18.2 Å². The van der Waals surface area contributed by atoms with Gasteiger partial charge < -0.3 is 10.5 Å². The predicted octanol–water partition coefficient (Wildman–Crippen LogP) is 2.26. The minimum atomic E-state index is -0.573. The number of hydrogen-bond acceptors (Lipinski definition) is 2. The van der Waals surface area contributed by atoms with Gasteiger partial charge in [0.25, 0.3) is 0 Å². The fourth-order valence-corrected chi connectivity index (χ4v) is 1.47. The Balaban J connectivity index is 2.45. The molecule has 0 aliphatic rings. The van der Waals surface area contributed by atoms with Crippen LogP contribution in [0.25, 0.3) is 0 Å².